The van der Waals surface area contributed by atoms with Crippen molar-refractivity contribution in [2.24, 2.45) is 5.41 Å². The Morgan fingerprint density at radius 2 is 1.24 bits per heavy atom. The van der Waals surface area contributed by atoms with Crippen LogP contribution in [0.4, 0.5) is 0 Å². The Kier molecular flexibility index (Phi) is 9.02. The molecule has 0 rings (SSSR count). The lowest BCUT2D eigenvalue weighted by Gasteiger charge is -2.24. The van der Waals surface area contributed by atoms with Gasteiger partial charge in [-0.1, -0.05) is 39.5 Å². The molecule has 0 fully saturated rings. The molecule has 0 aliphatic rings. The van der Waals surface area contributed by atoms with E-state index in [1.807, 2.05) is 0 Å². The molecule has 0 saturated carbocycles. The molecule has 0 radical (unpaired) electrons. The van der Waals surface area contributed by atoms with E-state index < -0.39 is 0 Å². The van der Waals surface area contributed by atoms with E-state index in [2.05, 4.69) is 40.3 Å². The Morgan fingerprint density at radius 3 is 1.71 bits per heavy atom. The number of unbranched alkanes of at least 4 members (excludes halogenated alkanes) is 3. The molecule has 0 aromatic heterocycles. The first-order valence-electron chi connectivity index (χ1n) is 7.07. The van der Waals surface area contributed by atoms with Gasteiger partial charge in [-0.15, -0.1) is 11.6 Å². The van der Waals surface area contributed by atoms with Crippen molar-refractivity contribution in [1.29, 1.82) is 0 Å². The van der Waals surface area contributed by atoms with E-state index in [-0.39, 0.29) is 4.87 Å². The van der Waals surface area contributed by atoms with Gasteiger partial charge >= 0.3 is 0 Å². The SMILES string of the molecule is CC(C)(Cl)CCCCCC(C)(C)CCCCS. The first kappa shape index (κ1) is 17.6. The number of hydrogen-bond donors (Lipinski definition) is 1. The van der Waals surface area contributed by atoms with Crippen LogP contribution >= 0.6 is 24.2 Å². The fourth-order valence-electron chi connectivity index (χ4n) is 2.17. The van der Waals surface area contributed by atoms with Crippen molar-refractivity contribution in [3.63, 3.8) is 0 Å². The van der Waals surface area contributed by atoms with Gasteiger partial charge in [0, 0.05) is 4.87 Å². The van der Waals surface area contributed by atoms with E-state index in [0.717, 1.165) is 12.2 Å². The highest BCUT2D eigenvalue weighted by Crippen LogP contribution is 2.30. The van der Waals surface area contributed by atoms with Gasteiger partial charge in [-0.2, -0.15) is 12.6 Å². The second kappa shape index (κ2) is 8.69. The minimum atomic E-state index is -0.0118. The molecule has 0 bridgehead atoms. The molecule has 0 saturated heterocycles. The summed E-state index contributed by atoms with van der Waals surface area (Å²) in [5.74, 6) is 1.03. The minimum absolute atomic E-state index is 0.0118. The van der Waals surface area contributed by atoms with E-state index in [0.29, 0.717) is 5.41 Å². The van der Waals surface area contributed by atoms with Crippen LogP contribution in [0, 0.1) is 5.41 Å². The standard InChI is InChI=1S/C15H31ClS/c1-14(2,11-8-9-13-17)10-6-5-7-12-15(3,4)16/h17H,5-13H2,1-4H3. The van der Waals surface area contributed by atoms with Crippen molar-refractivity contribution >= 4 is 24.2 Å². The summed E-state index contributed by atoms with van der Waals surface area (Å²) in [7, 11) is 0. The van der Waals surface area contributed by atoms with Crippen LogP contribution in [0.15, 0.2) is 0 Å². The minimum Gasteiger partial charge on any atom is -0.179 e. The second-order valence-electron chi connectivity index (χ2n) is 6.62. The third-order valence-electron chi connectivity index (χ3n) is 3.39. The zero-order chi connectivity index (χ0) is 13.4. The summed E-state index contributed by atoms with van der Waals surface area (Å²) >= 11 is 10.4. The Balaban J connectivity index is 3.51. The second-order valence-corrected chi connectivity index (χ2v) is 8.09. The Labute approximate surface area is 119 Å². The molecule has 0 nitrogen and oxygen atoms in total. The molecule has 0 heterocycles. The molecule has 0 atom stereocenters. The topological polar surface area (TPSA) is 0 Å². The zero-order valence-electron chi connectivity index (χ0n) is 12.2. The van der Waals surface area contributed by atoms with E-state index in [4.69, 9.17) is 11.6 Å². The molecule has 0 amide bonds. The third kappa shape index (κ3) is 12.9. The van der Waals surface area contributed by atoms with Crippen LogP contribution in [-0.2, 0) is 0 Å². The maximum atomic E-state index is 6.18. The van der Waals surface area contributed by atoms with Gasteiger partial charge in [0.2, 0.25) is 0 Å². The molecule has 0 spiro atoms. The van der Waals surface area contributed by atoms with Crippen molar-refractivity contribution in [3.05, 3.63) is 0 Å². The Hall–Kier alpha value is 0.640. The van der Waals surface area contributed by atoms with Crippen molar-refractivity contribution < 1.29 is 0 Å². The van der Waals surface area contributed by atoms with Crippen LogP contribution < -0.4 is 0 Å². The molecular weight excluding hydrogens is 248 g/mol. The van der Waals surface area contributed by atoms with Crippen molar-refractivity contribution in [2.75, 3.05) is 5.75 Å². The molecular formula is C15H31ClS. The molecule has 0 unspecified atom stereocenters. The number of thiol groups is 1. The number of alkyl halides is 1. The van der Waals surface area contributed by atoms with Crippen molar-refractivity contribution in [3.8, 4) is 0 Å². The predicted octanol–water partition coefficient (Wildman–Crippen LogP) is 6.08. The zero-order valence-corrected chi connectivity index (χ0v) is 13.8. The van der Waals surface area contributed by atoms with Crippen molar-refractivity contribution in [2.45, 2.75) is 83.9 Å². The van der Waals surface area contributed by atoms with Crippen LogP contribution in [0.2, 0.25) is 0 Å². The normalized spacial score (nSPS) is 13.1. The van der Waals surface area contributed by atoms with Gasteiger partial charge in [-0.25, -0.2) is 0 Å². The van der Waals surface area contributed by atoms with E-state index >= 15 is 0 Å². The summed E-state index contributed by atoms with van der Waals surface area (Å²) < 4.78 is 0. The molecule has 0 aliphatic heterocycles. The van der Waals surface area contributed by atoms with Crippen molar-refractivity contribution in [1.82, 2.24) is 0 Å². The predicted molar refractivity (Wildman–Crippen MR) is 84.5 cm³/mol. The summed E-state index contributed by atoms with van der Waals surface area (Å²) in [5.41, 5.74) is 0.513. The summed E-state index contributed by atoms with van der Waals surface area (Å²) in [6.45, 7) is 9.01. The van der Waals surface area contributed by atoms with Crippen LogP contribution in [0.3, 0.4) is 0 Å². The number of hydrogen-bond acceptors (Lipinski definition) is 1. The molecule has 0 aliphatic carbocycles. The molecule has 104 valence electrons. The van der Waals surface area contributed by atoms with Gasteiger partial charge in [-0.3, -0.25) is 0 Å². The fraction of sp³-hybridized carbons (Fsp3) is 1.00. The molecule has 0 N–H and O–H groups in total. The van der Waals surface area contributed by atoms with Crippen LogP contribution in [0.5, 0.6) is 0 Å². The van der Waals surface area contributed by atoms with Crippen LogP contribution in [0.1, 0.15) is 79.1 Å². The van der Waals surface area contributed by atoms with Gasteiger partial charge in [-0.05, 0) is 50.7 Å². The maximum Gasteiger partial charge on any atom is 0.0390 e. The average molecular weight is 279 g/mol. The van der Waals surface area contributed by atoms with Gasteiger partial charge in [0.15, 0.2) is 0 Å². The maximum absolute atomic E-state index is 6.18. The average Bonchev–Trinajstić information content (AvgIpc) is 2.15. The first-order chi connectivity index (χ1) is 7.77. The third-order valence-corrected chi connectivity index (χ3v) is 3.89. The Bertz CT molecular complexity index is 182. The van der Waals surface area contributed by atoms with Gasteiger partial charge in [0.25, 0.3) is 0 Å². The monoisotopic (exact) mass is 278 g/mol. The lowest BCUT2D eigenvalue weighted by molar-refractivity contribution is 0.285. The summed E-state index contributed by atoms with van der Waals surface area (Å²) in [6, 6.07) is 0. The molecule has 0 aromatic rings. The van der Waals surface area contributed by atoms with E-state index in [1.165, 1.54) is 44.9 Å². The molecule has 17 heavy (non-hydrogen) atoms. The van der Waals surface area contributed by atoms with E-state index in [1.54, 1.807) is 0 Å². The highest BCUT2D eigenvalue weighted by molar-refractivity contribution is 7.80. The molecule has 2 heteroatoms. The quantitative estimate of drug-likeness (QED) is 0.279. The summed E-state index contributed by atoms with van der Waals surface area (Å²) in [6.07, 6.45) is 10.3. The summed E-state index contributed by atoms with van der Waals surface area (Å²) in [4.78, 5) is -0.0118. The number of rotatable bonds is 10. The van der Waals surface area contributed by atoms with Crippen LogP contribution in [-0.4, -0.2) is 10.6 Å². The highest BCUT2D eigenvalue weighted by Gasteiger charge is 2.17. The molecule has 0 aromatic carbocycles. The smallest absolute Gasteiger partial charge is 0.0390 e. The van der Waals surface area contributed by atoms with E-state index in [9.17, 15) is 0 Å². The summed E-state index contributed by atoms with van der Waals surface area (Å²) in [5, 5.41) is 0. The van der Waals surface area contributed by atoms with Gasteiger partial charge < -0.3 is 0 Å². The first-order valence-corrected chi connectivity index (χ1v) is 8.08. The van der Waals surface area contributed by atoms with Gasteiger partial charge in [0.1, 0.15) is 0 Å². The lowest BCUT2D eigenvalue weighted by Crippen LogP contribution is -2.12. The van der Waals surface area contributed by atoms with Gasteiger partial charge in [0.05, 0.1) is 0 Å². The Morgan fingerprint density at radius 1 is 0.765 bits per heavy atom. The highest BCUT2D eigenvalue weighted by atomic mass is 35.5. The number of halogens is 1. The fourth-order valence-corrected chi connectivity index (χ4v) is 2.52. The lowest BCUT2D eigenvalue weighted by atomic mass is 9.82. The largest absolute Gasteiger partial charge is 0.179 e. The van der Waals surface area contributed by atoms with Crippen LogP contribution in [0.25, 0.3) is 0 Å².